The fourth-order valence-electron chi connectivity index (χ4n) is 3.04. The van der Waals surface area contributed by atoms with Crippen molar-refractivity contribution in [2.24, 2.45) is 7.05 Å². The molecule has 0 unspecified atom stereocenters. The van der Waals surface area contributed by atoms with Gasteiger partial charge in [-0.3, -0.25) is 14.5 Å². The van der Waals surface area contributed by atoms with Crippen LogP contribution in [0.2, 0.25) is 5.02 Å². The summed E-state index contributed by atoms with van der Waals surface area (Å²) < 4.78 is 1.45. The van der Waals surface area contributed by atoms with E-state index in [1.165, 1.54) is 16.2 Å². The van der Waals surface area contributed by atoms with Gasteiger partial charge in [-0.2, -0.15) is 0 Å². The first-order valence-corrected chi connectivity index (χ1v) is 8.83. The van der Waals surface area contributed by atoms with E-state index in [0.717, 1.165) is 37.5 Å². The van der Waals surface area contributed by atoms with Crippen LogP contribution < -0.4 is 10.9 Å². The van der Waals surface area contributed by atoms with Crippen LogP contribution in [0.1, 0.15) is 28.8 Å². The summed E-state index contributed by atoms with van der Waals surface area (Å²) in [5.74, 6) is -0.172. The third-order valence-electron chi connectivity index (χ3n) is 4.61. The predicted molar refractivity (Wildman–Crippen MR) is 98.9 cm³/mol. The van der Waals surface area contributed by atoms with Gasteiger partial charge in [-0.05, 0) is 36.6 Å². The second-order valence-electron chi connectivity index (χ2n) is 6.51. The molecule has 0 radical (unpaired) electrons. The summed E-state index contributed by atoms with van der Waals surface area (Å²) in [5.41, 5.74) is 1.49. The minimum atomic E-state index is -0.176. The highest BCUT2D eigenvalue weighted by molar-refractivity contribution is 6.30. The molecule has 5 nitrogen and oxygen atoms in total. The Bertz CT molecular complexity index is 793. The highest BCUT2D eigenvalue weighted by Crippen LogP contribution is 2.16. The van der Waals surface area contributed by atoms with Crippen molar-refractivity contribution in [2.45, 2.75) is 25.4 Å². The molecule has 2 aromatic rings. The number of aromatic nitrogens is 1. The molecule has 1 amide bonds. The molecule has 1 saturated heterocycles. The van der Waals surface area contributed by atoms with Crippen molar-refractivity contribution in [2.75, 3.05) is 13.1 Å². The van der Waals surface area contributed by atoms with Crippen molar-refractivity contribution in [3.8, 4) is 0 Å². The molecule has 132 valence electrons. The molecule has 0 spiro atoms. The van der Waals surface area contributed by atoms with E-state index in [9.17, 15) is 9.59 Å². The normalized spacial score (nSPS) is 15.9. The van der Waals surface area contributed by atoms with E-state index < -0.39 is 0 Å². The van der Waals surface area contributed by atoms with Crippen LogP contribution in [-0.4, -0.2) is 34.5 Å². The maximum atomic E-state index is 12.3. The first-order valence-electron chi connectivity index (χ1n) is 8.45. The van der Waals surface area contributed by atoms with Crippen molar-refractivity contribution in [1.82, 2.24) is 14.8 Å². The lowest BCUT2D eigenvalue weighted by Crippen LogP contribution is -2.44. The van der Waals surface area contributed by atoms with Crippen LogP contribution in [0.25, 0.3) is 0 Å². The first-order chi connectivity index (χ1) is 12.0. The number of piperidine rings is 1. The molecule has 1 aromatic heterocycles. The Hall–Kier alpha value is -2.11. The number of nitrogens with one attached hydrogen (secondary N) is 1. The summed E-state index contributed by atoms with van der Waals surface area (Å²) in [6, 6.07) is 11.1. The zero-order valence-corrected chi connectivity index (χ0v) is 15.0. The Kier molecular flexibility index (Phi) is 5.56. The third-order valence-corrected chi connectivity index (χ3v) is 4.86. The molecule has 0 atom stereocenters. The molecule has 25 heavy (non-hydrogen) atoms. The molecule has 3 rings (SSSR count). The average molecular weight is 360 g/mol. The van der Waals surface area contributed by atoms with E-state index in [0.29, 0.717) is 5.56 Å². The van der Waals surface area contributed by atoms with Gasteiger partial charge in [-0.1, -0.05) is 23.7 Å². The standard InChI is InChI=1S/C19H22ClN3O2/c1-22-9-6-15(12-18(22)24)19(25)21-17-7-10-23(11-8-17)13-14-2-4-16(20)5-3-14/h2-6,9,12,17H,7-8,10-11,13H2,1H3,(H,21,25). The van der Waals surface area contributed by atoms with Crippen molar-refractivity contribution in [1.29, 1.82) is 0 Å². The van der Waals surface area contributed by atoms with Crippen molar-refractivity contribution >= 4 is 17.5 Å². The first kappa shape index (κ1) is 17.7. The van der Waals surface area contributed by atoms with Crippen molar-refractivity contribution in [3.05, 3.63) is 69.1 Å². The fourth-order valence-corrected chi connectivity index (χ4v) is 3.17. The van der Waals surface area contributed by atoms with Crippen LogP contribution in [0.3, 0.4) is 0 Å². The zero-order valence-electron chi connectivity index (χ0n) is 14.2. The fraction of sp³-hybridized carbons (Fsp3) is 0.368. The predicted octanol–water partition coefficient (Wildman–Crippen LogP) is 2.43. The molecule has 6 heteroatoms. The second-order valence-corrected chi connectivity index (χ2v) is 6.95. The second kappa shape index (κ2) is 7.85. The Labute approximate surface area is 152 Å². The topological polar surface area (TPSA) is 54.3 Å². The highest BCUT2D eigenvalue weighted by atomic mass is 35.5. The molecule has 1 aliphatic heterocycles. The Balaban J connectivity index is 1.50. The number of pyridine rings is 1. The van der Waals surface area contributed by atoms with Crippen LogP contribution in [0.5, 0.6) is 0 Å². The minimum Gasteiger partial charge on any atom is -0.349 e. The van der Waals surface area contributed by atoms with Crippen LogP contribution in [0.4, 0.5) is 0 Å². The third kappa shape index (κ3) is 4.71. The van der Waals surface area contributed by atoms with E-state index in [1.54, 1.807) is 19.3 Å². The number of hydrogen-bond acceptors (Lipinski definition) is 3. The quantitative estimate of drug-likeness (QED) is 0.912. The lowest BCUT2D eigenvalue weighted by atomic mass is 10.0. The number of amides is 1. The minimum absolute atomic E-state index is 0.151. The van der Waals surface area contributed by atoms with Gasteiger partial charge < -0.3 is 9.88 Å². The van der Waals surface area contributed by atoms with Gasteiger partial charge >= 0.3 is 0 Å². The molecular weight excluding hydrogens is 338 g/mol. The van der Waals surface area contributed by atoms with Gasteiger partial charge in [0.15, 0.2) is 0 Å². The molecule has 0 aliphatic carbocycles. The number of aryl methyl sites for hydroxylation is 1. The Morgan fingerprint density at radius 2 is 1.88 bits per heavy atom. The van der Waals surface area contributed by atoms with E-state index in [-0.39, 0.29) is 17.5 Å². The number of benzene rings is 1. The van der Waals surface area contributed by atoms with Gasteiger partial charge in [0.25, 0.3) is 11.5 Å². The summed E-state index contributed by atoms with van der Waals surface area (Å²) in [6.07, 6.45) is 3.43. The average Bonchev–Trinajstić information content (AvgIpc) is 2.61. The summed E-state index contributed by atoms with van der Waals surface area (Å²) in [5, 5.41) is 3.79. The molecular formula is C19H22ClN3O2. The van der Waals surface area contributed by atoms with E-state index >= 15 is 0 Å². The van der Waals surface area contributed by atoms with Gasteiger partial charge in [0, 0.05) is 55.6 Å². The number of halogens is 1. The van der Waals surface area contributed by atoms with E-state index in [2.05, 4.69) is 10.2 Å². The van der Waals surface area contributed by atoms with Gasteiger partial charge in [0.2, 0.25) is 0 Å². The lowest BCUT2D eigenvalue weighted by Gasteiger charge is -2.32. The lowest BCUT2D eigenvalue weighted by molar-refractivity contribution is 0.0908. The van der Waals surface area contributed by atoms with Crippen LogP contribution in [0.15, 0.2) is 47.4 Å². The summed E-state index contributed by atoms with van der Waals surface area (Å²) in [6.45, 7) is 2.76. The number of hydrogen-bond donors (Lipinski definition) is 1. The molecule has 0 bridgehead atoms. The van der Waals surface area contributed by atoms with E-state index in [4.69, 9.17) is 11.6 Å². The smallest absolute Gasteiger partial charge is 0.251 e. The number of carbonyl (C=O) groups is 1. The van der Waals surface area contributed by atoms with Gasteiger partial charge in [0.05, 0.1) is 0 Å². The van der Waals surface area contributed by atoms with Gasteiger partial charge in [-0.15, -0.1) is 0 Å². The van der Waals surface area contributed by atoms with Gasteiger partial charge in [0.1, 0.15) is 0 Å². The summed E-state index contributed by atoms with van der Waals surface area (Å²) in [7, 11) is 1.67. The van der Waals surface area contributed by atoms with Crippen molar-refractivity contribution < 1.29 is 4.79 Å². The zero-order chi connectivity index (χ0) is 17.8. The molecule has 1 aromatic carbocycles. The van der Waals surface area contributed by atoms with Crippen LogP contribution in [-0.2, 0) is 13.6 Å². The highest BCUT2D eigenvalue weighted by Gasteiger charge is 2.21. The van der Waals surface area contributed by atoms with Gasteiger partial charge in [-0.25, -0.2) is 0 Å². The monoisotopic (exact) mass is 359 g/mol. The molecule has 1 aliphatic rings. The number of nitrogens with zero attached hydrogens (tertiary/aromatic N) is 2. The summed E-state index contributed by atoms with van der Waals surface area (Å²) >= 11 is 5.92. The maximum Gasteiger partial charge on any atom is 0.251 e. The van der Waals surface area contributed by atoms with Crippen molar-refractivity contribution in [3.63, 3.8) is 0 Å². The Morgan fingerprint density at radius 3 is 2.52 bits per heavy atom. The molecule has 0 saturated carbocycles. The maximum absolute atomic E-state index is 12.3. The number of likely N-dealkylation sites (tertiary alicyclic amines) is 1. The number of rotatable bonds is 4. The molecule has 1 N–H and O–H groups in total. The number of carbonyl (C=O) groups excluding carboxylic acids is 1. The van der Waals surface area contributed by atoms with E-state index in [1.807, 2.05) is 24.3 Å². The van der Waals surface area contributed by atoms with Crippen LogP contribution >= 0.6 is 11.6 Å². The molecule has 1 fully saturated rings. The Morgan fingerprint density at radius 1 is 1.20 bits per heavy atom. The largest absolute Gasteiger partial charge is 0.349 e. The SMILES string of the molecule is Cn1ccc(C(=O)NC2CCN(Cc3ccc(Cl)cc3)CC2)cc1=O. The molecule has 2 heterocycles. The van der Waals surface area contributed by atoms with Crippen LogP contribution in [0, 0.1) is 0 Å². The summed E-state index contributed by atoms with van der Waals surface area (Å²) in [4.78, 5) is 26.3.